The third-order valence-corrected chi connectivity index (χ3v) is 4.05. The normalized spacial score (nSPS) is 17.5. The fourth-order valence-electron chi connectivity index (χ4n) is 2.80. The van der Waals surface area contributed by atoms with Crippen molar-refractivity contribution in [1.82, 2.24) is 15.1 Å². The number of anilines is 1. The van der Waals surface area contributed by atoms with Crippen LogP contribution < -0.4 is 10.2 Å². The van der Waals surface area contributed by atoms with E-state index in [0.717, 1.165) is 12.1 Å². The van der Waals surface area contributed by atoms with E-state index < -0.39 is 0 Å². The van der Waals surface area contributed by atoms with Crippen LogP contribution in [0.3, 0.4) is 0 Å². The number of aryl methyl sites for hydroxylation is 1. The zero-order chi connectivity index (χ0) is 16.2. The third-order valence-electron chi connectivity index (χ3n) is 4.05. The molecule has 0 radical (unpaired) electrons. The van der Waals surface area contributed by atoms with Gasteiger partial charge >= 0.3 is 0 Å². The van der Waals surface area contributed by atoms with E-state index in [2.05, 4.69) is 10.4 Å². The summed E-state index contributed by atoms with van der Waals surface area (Å²) in [5, 5.41) is 7.00. The van der Waals surface area contributed by atoms with Crippen molar-refractivity contribution in [1.29, 1.82) is 0 Å². The summed E-state index contributed by atoms with van der Waals surface area (Å²) in [6.07, 6.45) is 4.48. The molecular formula is C17H20N4O2. The van der Waals surface area contributed by atoms with Gasteiger partial charge in [0.2, 0.25) is 11.8 Å². The van der Waals surface area contributed by atoms with E-state index in [-0.39, 0.29) is 24.2 Å². The maximum absolute atomic E-state index is 12.3. The standard InChI is InChI=1S/C17H20N4O2/c1-20-12-15(10-19-20)21-11-14(9-16(21)22)17(23)18-8-7-13-5-3-2-4-6-13/h2-6,10,12,14H,7-9,11H2,1H3,(H,18,23). The van der Waals surface area contributed by atoms with Crippen LogP contribution >= 0.6 is 0 Å². The topological polar surface area (TPSA) is 67.2 Å². The third kappa shape index (κ3) is 3.59. The molecule has 1 aliphatic rings. The first kappa shape index (κ1) is 15.3. The Morgan fingerprint density at radius 1 is 1.35 bits per heavy atom. The van der Waals surface area contributed by atoms with E-state index in [1.54, 1.807) is 29.0 Å². The molecular weight excluding hydrogens is 292 g/mol. The number of carbonyl (C=O) groups excluding carboxylic acids is 2. The number of amides is 2. The molecule has 6 nitrogen and oxygen atoms in total. The van der Waals surface area contributed by atoms with Gasteiger partial charge in [-0.1, -0.05) is 30.3 Å². The molecule has 1 aromatic heterocycles. The molecule has 1 N–H and O–H groups in total. The average Bonchev–Trinajstić information content (AvgIpc) is 3.14. The molecule has 0 spiro atoms. The number of hydrogen-bond donors (Lipinski definition) is 1. The van der Waals surface area contributed by atoms with Crippen LogP contribution in [0.5, 0.6) is 0 Å². The van der Waals surface area contributed by atoms with Crippen molar-refractivity contribution in [3.63, 3.8) is 0 Å². The highest BCUT2D eigenvalue weighted by atomic mass is 16.2. The quantitative estimate of drug-likeness (QED) is 0.900. The van der Waals surface area contributed by atoms with Crippen LogP contribution in [-0.2, 0) is 23.1 Å². The number of aromatic nitrogens is 2. The van der Waals surface area contributed by atoms with Crippen LogP contribution in [0.25, 0.3) is 0 Å². The van der Waals surface area contributed by atoms with Gasteiger partial charge in [0, 0.05) is 32.8 Å². The highest BCUT2D eigenvalue weighted by Gasteiger charge is 2.35. The van der Waals surface area contributed by atoms with Crippen LogP contribution in [0.15, 0.2) is 42.7 Å². The van der Waals surface area contributed by atoms with E-state index in [9.17, 15) is 9.59 Å². The largest absolute Gasteiger partial charge is 0.355 e. The van der Waals surface area contributed by atoms with Crippen LogP contribution in [0.2, 0.25) is 0 Å². The van der Waals surface area contributed by atoms with E-state index in [1.165, 1.54) is 5.56 Å². The lowest BCUT2D eigenvalue weighted by molar-refractivity contribution is -0.126. The van der Waals surface area contributed by atoms with Crippen LogP contribution in [0.4, 0.5) is 5.69 Å². The predicted octanol–water partition coefficient (Wildman–Crippen LogP) is 1.13. The number of carbonyl (C=O) groups is 2. The van der Waals surface area contributed by atoms with Gasteiger partial charge in [-0.3, -0.25) is 14.3 Å². The number of nitrogens with one attached hydrogen (secondary N) is 1. The van der Waals surface area contributed by atoms with E-state index >= 15 is 0 Å². The zero-order valence-corrected chi connectivity index (χ0v) is 13.1. The van der Waals surface area contributed by atoms with Crippen LogP contribution in [0.1, 0.15) is 12.0 Å². The Balaban J connectivity index is 1.51. The molecule has 2 amide bonds. The van der Waals surface area contributed by atoms with Gasteiger partial charge in [-0.25, -0.2) is 0 Å². The second-order valence-electron chi connectivity index (χ2n) is 5.80. The molecule has 6 heteroatoms. The monoisotopic (exact) mass is 312 g/mol. The summed E-state index contributed by atoms with van der Waals surface area (Å²) >= 11 is 0. The van der Waals surface area contributed by atoms with Crippen molar-refractivity contribution in [3.8, 4) is 0 Å². The van der Waals surface area contributed by atoms with Crippen molar-refractivity contribution in [2.75, 3.05) is 18.0 Å². The van der Waals surface area contributed by atoms with Gasteiger partial charge in [-0.2, -0.15) is 5.10 Å². The lowest BCUT2D eigenvalue weighted by Crippen LogP contribution is -2.34. The molecule has 1 atom stereocenters. The SMILES string of the molecule is Cn1cc(N2CC(C(=O)NCCc3ccccc3)CC2=O)cn1. The number of rotatable bonds is 5. The lowest BCUT2D eigenvalue weighted by Gasteiger charge is -2.14. The first-order valence-electron chi connectivity index (χ1n) is 7.74. The predicted molar refractivity (Wildman–Crippen MR) is 86.8 cm³/mol. The van der Waals surface area contributed by atoms with Crippen molar-refractivity contribution >= 4 is 17.5 Å². The van der Waals surface area contributed by atoms with Gasteiger partial charge in [0.25, 0.3) is 0 Å². The molecule has 1 unspecified atom stereocenters. The molecule has 1 fully saturated rings. The van der Waals surface area contributed by atoms with E-state index in [0.29, 0.717) is 13.1 Å². The van der Waals surface area contributed by atoms with E-state index in [1.807, 2.05) is 30.3 Å². The molecule has 1 aliphatic heterocycles. The lowest BCUT2D eigenvalue weighted by atomic mass is 10.1. The summed E-state index contributed by atoms with van der Waals surface area (Å²) in [5.41, 5.74) is 1.93. The summed E-state index contributed by atoms with van der Waals surface area (Å²) in [7, 11) is 1.80. The summed E-state index contributed by atoms with van der Waals surface area (Å²) in [5.74, 6) is -0.375. The Morgan fingerprint density at radius 2 is 2.13 bits per heavy atom. The molecule has 2 aromatic rings. The first-order valence-corrected chi connectivity index (χ1v) is 7.74. The van der Waals surface area contributed by atoms with Crippen molar-refractivity contribution < 1.29 is 9.59 Å². The number of hydrogen-bond acceptors (Lipinski definition) is 3. The van der Waals surface area contributed by atoms with E-state index in [4.69, 9.17) is 0 Å². The first-order chi connectivity index (χ1) is 11.1. The minimum atomic E-state index is -0.293. The second-order valence-corrected chi connectivity index (χ2v) is 5.80. The van der Waals surface area contributed by atoms with Crippen molar-refractivity contribution in [2.24, 2.45) is 13.0 Å². The Kier molecular flexibility index (Phi) is 4.41. The second kappa shape index (κ2) is 6.64. The van der Waals surface area contributed by atoms with Gasteiger partial charge in [0.1, 0.15) is 0 Å². The molecule has 23 heavy (non-hydrogen) atoms. The van der Waals surface area contributed by atoms with Crippen LogP contribution in [-0.4, -0.2) is 34.7 Å². The Morgan fingerprint density at radius 3 is 2.83 bits per heavy atom. The highest BCUT2D eigenvalue weighted by molar-refractivity contribution is 6.00. The van der Waals surface area contributed by atoms with Gasteiger partial charge < -0.3 is 10.2 Å². The zero-order valence-electron chi connectivity index (χ0n) is 13.1. The number of benzene rings is 1. The smallest absolute Gasteiger partial charge is 0.227 e. The molecule has 2 heterocycles. The molecule has 120 valence electrons. The summed E-state index contributed by atoms with van der Waals surface area (Å²) in [6, 6.07) is 10.0. The summed E-state index contributed by atoms with van der Waals surface area (Å²) in [6.45, 7) is 1.00. The summed E-state index contributed by atoms with van der Waals surface area (Å²) < 4.78 is 1.65. The molecule has 0 bridgehead atoms. The fraction of sp³-hybridized carbons (Fsp3) is 0.353. The maximum Gasteiger partial charge on any atom is 0.227 e. The van der Waals surface area contributed by atoms with Gasteiger partial charge in [-0.15, -0.1) is 0 Å². The molecule has 1 aromatic carbocycles. The van der Waals surface area contributed by atoms with Crippen molar-refractivity contribution in [2.45, 2.75) is 12.8 Å². The van der Waals surface area contributed by atoms with Gasteiger partial charge in [0.15, 0.2) is 0 Å². The van der Waals surface area contributed by atoms with Crippen LogP contribution in [0, 0.1) is 5.92 Å². The van der Waals surface area contributed by atoms with Gasteiger partial charge in [-0.05, 0) is 12.0 Å². The van der Waals surface area contributed by atoms with Gasteiger partial charge in [0.05, 0.1) is 17.8 Å². The molecule has 0 saturated carbocycles. The molecule has 1 saturated heterocycles. The molecule has 0 aliphatic carbocycles. The Bertz CT molecular complexity index is 696. The average molecular weight is 312 g/mol. The highest BCUT2D eigenvalue weighted by Crippen LogP contribution is 2.24. The van der Waals surface area contributed by atoms with Crippen molar-refractivity contribution in [3.05, 3.63) is 48.3 Å². The minimum absolute atomic E-state index is 0.0267. The Hall–Kier alpha value is -2.63. The Labute approximate surface area is 135 Å². The molecule has 3 rings (SSSR count). The number of nitrogens with zero attached hydrogens (tertiary/aromatic N) is 3. The maximum atomic E-state index is 12.3. The fourth-order valence-corrected chi connectivity index (χ4v) is 2.80. The minimum Gasteiger partial charge on any atom is -0.355 e. The summed E-state index contributed by atoms with van der Waals surface area (Å²) in [4.78, 5) is 26.0.